The minimum atomic E-state index is -3.57. The summed E-state index contributed by atoms with van der Waals surface area (Å²) in [6, 6.07) is 6.59. The van der Waals surface area contributed by atoms with Crippen molar-refractivity contribution in [3.05, 3.63) is 46.5 Å². The maximum atomic E-state index is 12.6. The van der Waals surface area contributed by atoms with Crippen LogP contribution in [0.25, 0.3) is 16.7 Å². The van der Waals surface area contributed by atoms with Crippen molar-refractivity contribution in [2.24, 2.45) is 7.05 Å². The molecule has 4 heterocycles. The first-order valence-corrected chi connectivity index (χ1v) is 9.02. The molecule has 0 aliphatic carbocycles. The van der Waals surface area contributed by atoms with E-state index in [4.69, 9.17) is 0 Å². The molecule has 1 fully saturated rings. The predicted molar refractivity (Wildman–Crippen MR) is 87.4 cm³/mol. The number of carbonyl (C=O) groups excluding carboxylic acids is 1. The number of nitrogens with zero attached hydrogens (tertiary/aromatic N) is 4. The van der Waals surface area contributed by atoms with Crippen molar-refractivity contribution in [1.29, 1.82) is 0 Å². The van der Waals surface area contributed by atoms with Crippen LogP contribution in [0.4, 0.5) is 0 Å². The smallest absolute Gasteiger partial charge is 0.284 e. The normalized spacial score (nSPS) is 17.0. The number of hydrogen-bond acceptors (Lipinski definition) is 5. The molecule has 0 unspecified atom stereocenters. The summed E-state index contributed by atoms with van der Waals surface area (Å²) >= 11 is 0. The lowest BCUT2D eigenvalue weighted by Gasteiger charge is -2.14. The number of amides is 1. The van der Waals surface area contributed by atoms with E-state index < -0.39 is 15.9 Å². The number of aryl methyl sites for hydroxylation is 1. The van der Waals surface area contributed by atoms with Crippen LogP contribution in [-0.4, -0.2) is 44.9 Å². The average molecular weight is 346 g/mol. The van der Waals surface area contributed by atoms with Crippen molar-refractivity contribution in [2.75, 3.05) is 12.3 Å². The predicted octanol–water partition coefficient (Wildman–Crippen LogP) is 0.362. The molecule has 1 amide bonds. The second kappa shape index (κ2) is 4.91. The quantitative estimate of drug-likeness (QED) is 0.634. The molecule has 1 aliphatic rings. The fraction of sp³-hybridized carbons (Fsp3) is 0.267. The molecule has 0 spiro atoms. The molecule has 3 aromatic heterocycles. The van der Waals surface area contributed by atoms with Crippen LogP contribution in [0, 0.1) is 0 Å². The molecule has 24 heavy (non-hydrogen) atoms. The van der Waals surface area contributed by atoms with Gasteiger partial charge in [0, 0.05) is 19.8 Å². The van der Waals surface area contributed by atoms with Gasteiger partial charge in [-0.1, -0.05) is 6.07 Å². The van der Waals surface area contributed by atoms with Crippen molar-refractivity contribution < 1.29 is 13.2 Å². The number of aromatic nitrogens is 3. The molecule has 4 rings (SSSR count). The standard InChI is InChI=1S/C15H14N4O4S/c1-17-11(15(21)19-7-4-8-24(19,22)23)9-10-13(17)16-12-5-2-3-6-18(12)14(10)20/h2-3,5-6,9H,4,7-8H2,1H3. The van der Waals surface area contributed by atoms with E-state index in [0.717, 1.165) is 4.31 Å². The van der Waals surface area contributed by atoms with E-state index in [9.17, 15) is 18.0 Å². The molecule has 0 aromatic carbocycles. The maximum Gasteiger partial charge on any atom is 0.284 e. The Labute approximate surface area is 137 Å². The molecule has 3 aromatic rings. The highest BCUT2D eigenvalue weighted by atomic mass is 32.2. The van der Waals surface area contributed by atoms with E-state index in [0.29, 0.717) is 17.7 Å². The van der Waals surface area contributed by atoms with Crippen molar-refractivity contribution >= 4 is 32.6 Å². The highest BCUT2D eigenvalue weighted by Crippen LogP contribution is 2.21. The van der Waals surface area contributed by atoms with Gasteiger partial charge in [0.2, 0.25) is 10.0 Å². The molecule has 9 heteroatoms. The summed E-state index contributed by atoms with van der Waals surface area (Å²) in [4.78, 5) is 29.6. The van der Waals surface area contributed by atoms with Gasteiger partial charge in [-0.25, -0.2) is 17.7 Å². The van der Waals surface area contributed by atoms with Gasteiger partial charge in [-0.3, -0.25) is 14.0 Å². The lowest BCUT2D eigenvalue weighted by Crippen LogP contribution is -2.33. The van der Waals surface area contributed by atoms with Crippen LogP contribution in [0.15, 0.2) is 35.3 Å². The van der Waals surface area contributed by atoms with Crippen LogP contribution < -0.4 is 5.56 Å². The summed E-state index contributed by atoms with van der Waals surface area (Å²) in [7, 11) is -1.97. The number of rotatable bonds is 1. The Balaban J connectivity index is 1.96. The largest absolute Gasteiger partial charge is 0.324 e. The monoisotopic (exact) mass is 346 g/mol. The van der Waals surface area contributed by atoms with Crippen molar-refractivity contribution in [1.82, 2.24) is 18.3 Å². The second-order valence-electron chi connectivity index (χ2n) is 5.72. The Morgan fingerprint density at radius 1 is 1.29 bits per heavy atom. The third-order valence-corrected chi connectivity index (χ3v) is 6.08. The molecule has 0 bridgehead atoms. The van der Waals surface area contributed by atoms with Crippen LogP contribution >= 0.6 is 0 Å². The van der Waals surface area contributed by atoms with E-state index in [1.807, 2.05) is 0 Å². The number of carbonyl (C=O) groups is 1. The molecule has 8 nitrogen and oxygen atoms in total. The van der Waals surface area contributed by atoms with Gasteiger partial charge in [0.1, 0.15) is 17.0 Å². The van der Waals surface area contributed by atoms with E-state index >= 15 is 0 Å². The topological polar surface area (TPSA) is 93.8 Å². The minimum absolute atomic E-state index is 0.0343. The molecular formula is C15H14N4O4S. The highest BCUT2D eigenvalue weighted by Gasteiger charge is 2.34. The summed E-state index contributed by atoms with van der Waals surface area (Å²) in [5.74, 6) is -0.658. The Bertz CT molecular complexity index is 1160. The summed E-state index contributed by atoms with van der Waals surface area (Å²) in [5, 5.41) is 0.279. The van der Waals surface area contributed by atoms with Gasteiger partial charge < -0.3 is 4.57 Å². The zero-order valence-corrected chi connectivity index (χ0v) is 13.7. The zero-order chi connectivity index (χ0) is 17.1. The van der Waals surface area contributed by atoms with Crippen molar-refractivity contribution in [3.8, 4) is 0 Å². The van der Waals surface area contributed by atoms with Crippen molar-refractivity contribution in [2.45, 2.75) is 6.42 Å². The minimum Gasteiger partial charge on any atom is -0.324 e. The van der Waals surface area contributed by atoms with Gasteiger partial charge >= 0.3 is 0 Å². The molecule has 0 atom stereocenters. The van der Waals surface area contributed by atoms with E-state index in [1.54, 1.807) is 31.4 Å². The van der Waals surface area contributed by atoms with Gasteiger partial charge in [-0.15, -0.1) is 0 Å². The first-order valence-electron chi connectivity index (χ1n) is 7.42. The van der Waals surface area contributed by atoms with Gasteiger partial charge in [0.05, 0.1) is 11.1 Å². The fourth-order valence-electron chi connectivity index (χ4n) is 3.02. The lowest BCUT2D eigenvalue weighted by atomic mass is 10.3. The van der Waals surface area contributed by atoms with Crippen LogP contribution in [0.5, 0.6) is 0 Å². The van der Waals surface area contributed by atoms with Crippen LogP contribution in [0.1, 0.15) is 16.9 Å². The second-order valence-corrected chi connectivity index (χ2v) is 7.73. The average Bonchev–Trinajstić information content (AvgIpc) is 3.07. The van der Waals surface area contributed by atoms with E-state index in [-0.39, 0.29) is 28.9 Å². The molecule has 0 saturated carbocycles. The molecule has 1 saturated heterocycles. The number of sulfonamides is 1. The zero-order valence-electron chi connectivity index (χ0n) is 12.8. The number of fused-ring (bicyclic) bond motifs is 2. The molecule has 0 N–H and O–H groups in total. The van der Waals surface area contributed by atoms with Crippen molar-refractivity contribution in [3.63, 3.8) is 0 Å². The van der Waals surface area contributed by atoms with Gasteiger partial charge in [-0.2, -0.15) is 0 Å². The van der Waals surface area contributed by atoms with Gasteiger partial charge in [-0.05, 0) is 24.6 Å². The van der Waals surface area contributed by atoms with Crippen LogP contribution in [0.2, 0.25) is 0 Å². The first kappa shape index (κ1) is 14.9. The summed E-state index contributed by atoms with van der Waals surface area (Å²) in [6.45, 7) is 0.164. The summed E-state index contributed by atoms with van der Waals surface area (Å²) in [5.41, 5.74) is 0.653. The lowest BCUT2D eigenvalue weighted by molar-refractivity contribution is 0.0861. The molecule has 0 radical (unpaired) electrons. The molecule has 1 aliphatic heterocycles. The van der Waals surface area contributed by atoms with Gasteiger partial charge in [0.25, 0.3) is 11.5 Å². The fourth-order valence-corrected chi connectivity index (χ4v) is 4.49. The summed E-state index contributed by atoms with van der Waals surface area (Å²) in [6.07, 6.45) is 2.02. The van der Waals surface area contributed by atoms with E-state index in [2.05, 4.69) is 4.98 Å². The SMILES string of the molecule is Cn1c(C(=O)N2CCCS2(=O)=O)cc2c(=O)n3ccccc3nc21. The Morgan fingerprint density at radius 2 is 2.08 bits per heavy atom. The summed E-state index contributed by atoms with van der Waals surface area (Å²) < 4.78 is 27.7. The third-order valence-electron chi connectivity index (χ3n) is 4.25. The van der Waals surface area contributed by atoms with Crippen LogP contribution in [0.3, 0.4) is 0 Å². The van der Waals surface area contributed by atoms with E-state index in [1.165, 1.54) is 15.0 Å². The molecule has 124 valence electrons. The van der Waals surface area contributed by atoms with Gasteiger partial charge in [0.15, 0.2) is 0 Å². The Hall–Kier alpha value is -2.68. The molecular weight excluding hydrogens is 332 g/mol. The number of pyridine rings is 1. The maximum absolute atomic E-state index is 12.6. The Morgan fingerprint density at radius 3 is 2.79 bits per heavy atom. The first-order chi connectivity index (χ1) is 11.4. The highest BCUT2D eigenvalue weighted by molar-refractivity contribution is 7.89. The Kier molecular flexibility index (Phi) is 3.04. The third kappa shape index (κ3) is 1.97. The van der Waals surface area contributed by atoms with Crippen LogP contribution in [-0.2, 0) is 17.1 Å². The number of hydrogen-bond donors (Lipinski definition) is 0.